The summed E-state index contributed by atoms with van der Waals surface area (Å²) in [6, 6.07) is 14.6. The fraction of sp³-hybridized carbons (Fsp3) is 0.158. The number of nitrogens with two attached hydrogens (primary N) is 1. The summed E-state index contributed by atoms with van der Waals surface area (Å²) in [5, 5.41) is 8.22. The number of benzene rings is 2. The third-order valence-electron chi connectivity index (χ3n) is 3.88. The minimum Gasteiger partial charge on any atom is -0.496 e. The van der Waals surface area contributed by atoms with Crippen molar-refractivity contribution in [1.82, 2.24) is 9.97 Å². The molecule has 1 aromatic heterocycles. The monoisotopic (exact) mass is 384 g/mol. The van der Waals surface area contributed by atoms with Crippen LogP contribution in [0.4, 0.5) is 11.6 Å². The van der Waals surface area contributed by atoms with E-state index in [0.717, 1.165) is 22.6 Å². The Morgan fingerprint density at radius 2 is 1.93 bits per heavy atom. The van der Waals surface area contributed by atoms with Crippen molar-refractivity contribution >= 4 is 21.7 Å². The van der Waals surface area contributed by atoms with Gasteiger partial charge in [0.15, 0.2) is 0 Å². The Labute approximate surface area is 158 Å². The van der Waals surface area contributed by atoms with Crippen LogP contribution >= 0.6 is 0 Å². The number of hydrogen-bond acceptors (Lipinski definition) is 6. The molecule has 1 heterocycles. The quantitative estimate of drug-likeness (QED) is 0.676. The maximum atomic E-state index is 11.3. The van der Waals surface area contributed by atoms with E-state index in [2.05, 4.69) is 15.3 Å². The highest BCUT2D eigenvalue weighted by Crippen LogP contribution is 2.31. The minimum absolute atomic E-state index is 0.232. The Bertz CT molecular complexity index is 1070. The molecule has 0 bridgehead atoms. The lowest BCUT2D eigenvalue weighted by Gasteiger charge is -2.12. The third-order valence-corrected chi connectivity index (χ3v) is 4.62. The van der Waals surface area contributed by atoms with E-state index >= 15 is 0 Å². The van der Waals surface area contributed by atoms with Crippen LogP contribution in [0.5, 0.6) is 5.75 Å². The molecule has 3 rings (SSSR count). The van der Waals surface area contributed by atoms with Gasteiger partial charge in [0.2, 0.25) is 16.0 Å². The highest BCUT2D eigenvalue weighted by atomic mass is 32.2. The molecule has 2 aromatic carbocycles. The van der Waals surface area contributed by atoms with Crippen molar-refractivity contribution in [2.45, 2.75) is 12.7 Å². The number of aryl methyl sites for hydroxylation is 1. The summed E-state index contributed by atoms with van der Waals surface area (Å²) in [4.78, 5) is 8.92. The smallest absolute Gasteiger partial charge is 0.227 e. The van der Waals surface area contributed by atoms with Crippen LogP contribution < -0.4 is 15.2 Å². The van der Waals surface area contributed by atoms with Gasteiger partial charge in [-0.05, 0) is 42.3 Å². The Hall–Kier alpha value is -2.97. The van der Waals surface area contributed by atoms with Crippen molar-refractivity contribution in [2.24, 2.45) is 5.14 Å². The van der Waals surface area contributed by atoms with Gasteiger partial charge in [-0.25, -0.2) is 23.5 Å². The summed E-state index contributed by atoms with van der Waals surface area (Å²) in [6.07, 6.45) is 1.73. The molecule has 0 fully saturated rings. The molecular formula is C19H20N4O3S. The van der Waals surface area contributed by atoms with Crippen molar-refractivity contribution in [2.75, 3.05) is 12.4 Å². The first kappa shape index (κ1) is 18.8. The third kappa shape index (κ3) is 4.81. The SMILES string of the molecule is COc1ccccc1-c1nc(Nc2cccc(CS(N)(=O)=O)c2)ncc1C. The second kappa shape index (κ2) is 7.73. The number of anilines is 2. The van der Waals surface area contributed by atoms with Crippen LogP contribution in [-0.2, 0) is 15.8 Å². The van der Waals surface area contributed by atoms with Gasteiger partial charge in [0.25, 0.3) is 0 Å². The number of nitrogens with zero attached hydrogens (tertiary/aromatic N) is 2. The molecule has 0 unspecified atom stereocenters. The van der Waals surface area contributed by atoms with Crippen LogP contribution in [-0.4, -0.2) is 25.5 Å². The second-order valence-electron chi connectivity index (χ2n) is 6.06. The molecular weight excluding hydrogens is 364 g/mol. The molecule has 0 amide bonds. The summed E-state index contributed by atoms with van der Waals surface area (Å²) in [5.74, 6) is 0.888. The zero-order chi connectivity index (χ0) is 19.4. The lowest BCUT2D eigenvalue weighted by Crippen LogP contribution is -2.14. The molecule has 3 aromatic rings. The predicted molar refractivity (Wildman–Crippen MR) is 105 cm³/mol. The standard InChI is InChI=1S/C19H20N4O3S/c1-13-11-21-19(23-18(13)16-8-3-4-9-17(16)26-2)22-15-7-5-6-14(10-15)12-27(20,24)25/h3-11H,12H2,1-2H3,(H2,20,24,25)(H,21,22,23). The van der Waals surface area contributed by atoms with Gasteiger partial charge in [0, 0.05) is 17.4 Å². The fourth-order valence-electron chi connectivity index (χ4n) is 2.72. The maximum Gasteiger partial charge on any atom is 0.227 e. The molecule has 0 aliphatic rings. The molecule has 0 spiro atoms. The molecule has 8 heteroatoms. The van der Waals surface area contributed by atoms with Crippen molar-refractivity contribution in [1.29, 1.82) is 0 Å². The molecule has 0 aliphatic carbocycles. The average molecular weight is 384 g/mol. The van der Waals surface area contributed by atoms with Crippen LogP contribution in [0, 0.1) is 6.92 Å². The molecule has 7 nitrogen and oxygen atoms in total. The summed E-state index contributed by atoms with van der Waals surface area (Å²) in [5.41, 5.74) is 3.79. The highest BCUT2D eigenvalue weighted by Gasteiger charge is 2.12. The van der Waals surface area contributed by atoms with Crippen LogP contribution in [0.1, 0.15) is 11.1 Å². The van der Waals surface area contributed by atoms with Crippen molar-refractivity contribution < 1.29 is 13.2 Å². The number of methoxy groups -OCH3 is 1. The Kier molecular flexibility index (Phi) is 5.38. The van der Waals surface area contributed by atoms with Gasteiger partial charge in [-0.2, -0.15) is 0 Å². The first-order valence-electron chi connectivity index (χ1n) is 8.19. The average Bonchev–Trinajstić information content (AvgIpc) is 2.62. The molecule has 0 saturated heterocycles. The van der Waals surface area contributed by atoms with Gasteiger partial charge in [-0.15, -0.1) is 0 Å². The number of aromatic nitrogens is 2. The second-order valence-corrected chi connectivity index (χ2v) is 7.67. The molecule has 0 aliphatic heterocycles. The van der Waals surface area contributed by atoms with Gasteiger partial charge in [0.1, 0.15) is 5.75 Å². The number of primary sulfonamides is 1. The van der Waals surface area contributed by atoms with Gasteiger partial charge in [-0.3, -0.25) is 0 Å². The van der Waals surface area contributed by atoms with Crippen LogP contribution in [0.15, 0.2) is 54.7 Å². The number of sulfonamides is 1. The zero-order valence-corrected chi connectivity index (χ0v) is 15.8. The van der Waals surface area contributed by atoms with E-state index in [0.29, 0.717) is 17.2 Å². The van der Waals surface area contributed by atoms with Crippen molar-refractivity contribution in [3.8, 4) is 17.0 Å². The predicted octanol–water partition coefficient (Wildman–Crippen LogP) is 2.99. The topological polar surface area (TPSA) is 107 Å². The first-order valence-corrected chi connectivity index (χ1v) is 9.91. The number of para-hydroxylation sites is 1. The molecule has 0 atom stereocenters. The normalized spacial score (nSPS) is 11.2. The minimum atomic E-state index is -3.60. The summed E-state index contributed by atoms with van der Waals surface area (Å²) < 4.78 is 28.0. The summed E-state index contributed by atoms with van der Waals surface area (Å²) in [6.45, 7) is 1.93. The van der Waals surface area contributed by atoms with Crippen LogP contribution in [0.2, 0.25) is 0 Å². The first-order chi connectivity index (χ1) is 12.9. The Morgan fingerprint density at radius 3 is 2.67 bits per heavy atom. The van der Waals surface area contributed by atoms with E-state index < -0.39 is 10.0 Å². The van der Waals surface area contributed by atoms with E-state index in [9.17, 15) is 8.42 Å². The lowest BCUT2D eigenvalue weighted by molar-refractivity contribution is 0.416. The summed E-state index contributed by atoms with van der Waals surface area (Å²) in [7, 11) is -1.98. The molecule has 140 valence electrons. The molecule has 0 saturated carbocycles. The lowest BCUT2D eigenvalue weighted by atomic mass is 10.1. The zero-order valence-electron chi connectivity index (χ0n) is 15.0. The van der Waals surface area contributed by atoms with Crippen molar-refractivity contribution in [3.05, 3.63) is 65.9 Å². The Morgan fingerprint density at radius 1 is 1.15 bits per heavy atom. The number of nitrogens with one attached hydrogen (secondary N) is 1. The molecule has 0 radical (unpaired) electrons. The van der Waals surface area contributed by atoms with Gasteiger partial charge in [-0.1, -0.05) is 24.3 Å². The van der Waals surface area contributed by atoms with Crippen LogP contribution in [0.3, 0.4) is 0 Å². The van der Waals surface area contributed by atoms with Gasteiger partial charge >= 0.3 is 0 Å². The van der Waals surface area contributed by atoms with E-state index in [-0.39, 0.29) is 5.75 Å². The maximum absolute atomic E-state index is 11.3. The van der Waals surface area contributed by atoms with E-state index in [4.69, 9.17) is 9.88 Å². The number of rotatable bonds is 6. The van der Waals surface area contributed by atoms with Gasteiger partial charge in [0.05, 0.1) is 18.6 Å². The molecule has 3 N–H and O–H groups in total. The number of hydrogen-bond donors (Lipinski definition) is 2. The highest BCUT2D eigenvalue weighted by molar-refractivity contribution is 7.88. The van der Waals surface area contributed by atoms with Gasteiger partial charge < -0.3 is 10.1 Å². The largest absolute Gasteiger partial charge is 0.496 e. The van der Waals surface area contributed by atoms with E-state index in [1.54, 1.807) is 37.6 Å². The Balaban J connectivity index is 1.92. The van der Waals surface area contributed by atoms with Crippen molar-refractivity contribution in [3.63, 3.8) is 0 Å². The summed E-state index contributed by atoms with van der Waals surface area (Å²) >= 11 is 0. The van der Waals surface area contributed by atoms with E-state index in [1.165, 1.54) is 0 Å². The van der Waals surface area contributed by atoms with Crippen LogP contribution in [0.25, 0.3) is 11.3 Å². The number of ether oxygens (including phenoxy) is 1. The van der Waals surface area contributed by atoms with E-state index in [1.807, 2.05) is 31.2 Å². The molecule has 27 heavy (non-hydrogen) atoms. The fourth-order valence-corrected chi connectivity index (χ4v) is 3.36.